The van der Waals surface area contributed by atoms with Gasteiger partial charge in [0.1, 0.15) is 4.32 Å². The molecule has 5 rings (SSSR count). The molecule has 3 unspecified atom stereocenters. The minimum absolute atomic E-state index is 0.00199. The number of rotatable bonds is 3. The number of piperidine rings is 1. The Kier molecular flexibility index (Phi) is 4.80. The topological polar surface area (TPSA) is 54.8 Å². The molecule has 1 aromatic rings. The summed E-state index contributed by atoms with van der Waals surface area (Å²) in [4.78, 5) is 29.7. The minimum Gasteiger partial charge on any atom is -0.376 e. The van der Waals surface area contributed by atoms with Crippen LogP contribution in [0.15, 0.2) is 34.1 Å². The van der Waals surface area contributed by atoms with Gasteiger partial charge in [-0.2, -0.15) is 0 Å². The number of likely N-dealkylation sites (tertiary alicyclic amines) is 1. The van der Waals surface area contributed by atoms with E-state index in [0.29, 0.717) is 27.6 Å². The molecule has 0 N–H and O–H groups in total. The molecule has 0 aliphatic carbocycles. The zero-order valence-corrected chi connectivity index (χ0v) is 17.2. The first kappa shape index (κ1) is 18.4. The Morgan fingerprint density at radius 3 is 2.96 bits per heavy atom. The van der Waals surface area contributed by atoms with Gasteiger partial charge in [-0.25, -0.2) is 0 Å². The number of carbonyl (C=O) groups is 1. The molecule has 3 saturated heterocycles. The third-order valence-electron chi connectivity index (χ3n) is 6.09. The summed E-state index contributed by atoms with van der Waals surface area (Å²) in [6.07, 6.45) is 5.24. The van der Waals surface area contributed by atoms with Gasteiger partial charge in [0, 0.05) is 50.1 Å². The van der Waals surface area contributed by atoms with Crippen molar-refractivity contribution in [2.24, 2.45) is 5.92 Å². The molecule has 4 aliphatic rings. The van der Waals surface area contributed by atoms with Crippen molar-refractivity contribution in [1.29, 1.82) is 0 Å². The van der Waals surface area contributed by atoms with Crippen molar-refractivity contribution >= 4 is 34.2 Å². The van der Waals surface area contributed by atoms with Crippen LogP contribution in [0.1, 0.15) is 30.9 Å². The molecule has 28 heavy (non-hydrogen) atoms. The van der Waals surface area contributed by atoms with Crippen molar-refractivity contribution in [3.63, 3.8) is 0 Å². The molecule has 8 heteroatoms. The van der Waals surface area contributed by atoms with Crippen molar-refractivity contribution in [2.45, 2.75) is 37.8 Å². The van der Waals surface area contributed by atoms with Gasteiger partial charge in [-0.05, 0) is 31.2 Å². The first-order valence-electron chi connectivity index (χ1n) is 9.89. The maximum absolute atomic E-state index is 12.9. The highest BCUT2D eigenvalue weighted by molar-refractivity contribution is 8.26. The number of fused-ring (bicyclic) bond motifs is 4. The van der Waals surface area contributed by atoms with Crippen LogP contribution in [0.5, 0.6) is 0 Å². The maximum Gasteiger partial charge on any atom is 0.267 e. The van der Waals surface area contributed by atoms with Gasteiger partial charge in [-0.1, -0.05) is 30.0 Å². The highest BCUT2D eigenvalue weighted by atomic mass is 32.2. The van der Waals surface area contributed by atoms with Crippen LogP contribution in [-0.2, 0) is 16.1 Å². The number of thioether (sulfide) groups is 1. The number of hydrogen-bond acceptors (Lipinski definition) is 6. The number of amides is 1. The molecule has 3 fully saturated rings. The van der Waals surface area contributed by atoms with Crippen molar-refractivity contribution in [2.75, 3.05) is 26.2 Å². The lowest BCUT2D eigenvalue weighted by Crippen LogP contribution is -2.45. The standard InChI is InChI=1S/C20H23N3O3S2/c24-18-5-1-4-16-14-7-13(9-22(16)18)8-21(10-14)12-17-19(25)23(20(27)28-17)11-15-3-2-6-26-15/h1,4-5,12-15H,2-3,6-11H2. The Morgan fingerprint density at radius 2 is 2.14 bits per heavy atom. The number of thiocarbonyl (C=S) groups is 1. The number of aromatic nitrogens is 1. The van der Waals surface area contributed by atoms with Crippen molar-refractivity contribution in [3.8, 4) is 0 Å². The molecule has 4 aliphatic heterocycles. The predicted molar refractivity (Wildman–Crippen MR) is 112 cm³/mol. The molecule has 0 spiro atoms. The summed E-state index contributed by atoms with van der Waals surface area (Å²) in [6, 6.07) is 5.55. The SMILES string of the molecule is O=C1C(=CN2CC3CC(C2)c2cccc(=O)n2C3)SC(=S)N1CC1CCCO1. The van der Waals surface area contributed by atoms with E-state index >= 15 is 0 Å². The fourth-order valence-corrected chi connectivity index (χ4v) is 6.13. The molecule has 0 saturated carbocycles. The van der Waals surface area contributed by atoms with Gasteiger partial charge in [0.2, 0.25) is 0 Å². The lowest BCUT2D eigenvalue weighted by Gasteiger charge is -2.42. The Hall–Kier alpha value is -1.64. The molecule has 1 amide bonds. The molecule has 2 bridgehead atoms. The second-order valence-electron chi connectivity index (χ2n) is 8.06. The summed E-state index contributed by atoms with van der Waals surface area (Å²) in [5, 5.41) is 0. The summed E-state index contributed by atoms with van der Waals surface area (Å²) in [5.74, 6) is 0.757. The van der Waals surface area contributed by atoms with E-state index in [1.807, 2.05) is 16.8 Å². The first-order valence-corrected chi connectivity index (χ1v) is 11.1. The summed E-state index contributed by atoms with van der Waals surface area (Å²) < 4.78 is 8.22. The molecule has 1 aromatic heterocycles. The van der Waals surface area contributed by atoms with Gasteiger partial charge in [0.05, 0.1) is 17.6 Å². The molecular weight excluding hydrogens is 394 g/mol. The van der Waals surface area contributed by atoms with Crippen LogP contribution < -0.4 is 5.56 Å². The molecule has 3 atom stereocenters. The molecule has 0 radical (unpaired) electrons. The number of nitrogens with zero attached hydrogens (tertiary/aromatic N) is 3. The normalized spacial score (nSPS) is 31.0. The fraction of sp³-hybridized carbons (Fsp3) is 0.550. The molecule has 5 heterocycles. The Morgan fingerprint density at radius 1 is 1.25 bits per heavy atom. The van der Waals surface area contributed by atoms with E-state index in [1.54, 1.807) is 11.0 Å². The van der Waals surface area contributed by atoms with Gasteiger partial charge in [0.15, 0.2) is 0 Å². The molecule has 148 valence electrons. The summed E-state index contributed by atoms with van der Waals surface area (Å²) in [5.41, 5.74) is 1.21. The molecular formula is C20H23N3O3S2. The van der Waals surface area contributed by atoms with E-state index in [-0.39, 0.29) is 17.6 Å². The number of hydrogen-bond donors (Lipinski definition) is 0. The lowest BCUT2D eigenvalue weighted by atomic mass is 9.83. The molecule has 0 aromatic carbocycles. The van der Waals surface area contributed by atoms with Crippen LogP contribution in [-0.4, -0.2) is 56.9 Å². The van der Waals surface area contributed by atoms with Gasteiger partial charge in [-0.15, -0.1) is 0 Å². The average Bonchev–Trinajstić information content (AvgIpc) is 3.27. The number of carbonyl (C=O) groups excluding carboxylic acids is 1. The van der Waals surface area contributed by atoms with Crippen LogP contribution in [0.2, 0.25) is 0 Å². The van der Waals surface area contributed by atoms with Gasteiger partial charge >= 0.3 is 0 Å². The largest absolute Gasteiger partial charge is 0.376 e. The van der Waals surface area contributed by atoms with Crippen LogP contribution >= 0.6 is 24.0 Å². The maximum atomic E-state index is 12.9. The number of ether oxygens (including phenoxy) is 1. The summed E-state index contributed by atoms with van der Waals surface area (Å²) in [6.45, 7) is 3.79. The van der Waals surface area contributed by atoms with E-state index in [4.69, 9.17) is 17.0 Å². The second-order valence-corrected chi connectivity index (χ2v) is 9.74. The van der Waals surface area contributed by atoms with Crippen LogP contribution in [0, 0.1) is 5.92 Å². The zero-order valence-electron chi connectivity index (χ0n) is 15.6. The van der Waals surface area contributed by atoms with E-state index in [2.05, 4.69) is 11.0 Å². The third kappa shape index (κ3) is 3.31. The van der Waals surface area contributed by atoms with Crippen molar-refractivity contribution in [3.05, 3.63) is 45.4 Å². The predicted octanol–water partition coefficient (Wildman–Crippen LogP) is 2.15. The Bertz CT molecular complexity index is 906. The van der Waals surface area contributed by atoms with Crippen LogP contribution in [0.3, 0.4) is 0 Å². The quantitative estimate of drug-likeness (QED) is 0.555. The highest BCUT2D eigenvalue weighted by Crippen LogP contribution is 2.37. The Labute approximate surface area is 173 Å². The fourth-order valence-electron chi connectivity index (χ4n) is 4.84. The first-order chi connectivity index (χ1) is 13.6. The minimum atomic E-state index is -0.00199. The van der Waals surface area contributed by atoms with E-state index in [1.165, 1.54) is 11.8 Å². The molecule has 6 nitrogen and oxygen atoms in total. The van der Waals surface area contributed by atoms with E-state index in [0.717, 1.165) is 51.2 Å². The second kappa shape index (κ2) is 7.31. The monoisotopic (exact) mass is 417 g/mol. The van der Waals surface area contributed by atoms with E-state index < -0.39 is 0 Å². The summed E-state index contributed by atoms with van der Waals surface area (Å²) >= 11 is 6.85. The van der Waals surface area contributed by atoms with Gasteiger partial charge in [0.25, 0.3) is 11.5 Å². The zero-order chi connectivity index (χ0) is 19.3. The van der Waals surface area contributed by atoms with Crippen LogP contribution in [0.25, 0.3) is 0 Å². The van der Waals surface area contributed by atoms with Gasteiger partial charge in [-0.3, -0.25) is 14.5 Å². The number of pyridine rings is 1. The third-order valence-corrected chi connectivity index (χ3v) is 7.46. The van der Waals surface area contributed by atoms with Gasteiger partial charge < -0.3 is 14.2 Å². The lowest BCUT2D eigenvalue weighted by molar-refractivity contribution is -0.123. The smallest absolute Gasteiger partial charge is 0.267 e. The summed E-state index contributed by atoms with van der Waals surface area (Å²) in [7, 11) is 0. The van der Waals surface area contributed by atoms with Crippen LogP contribution in [0.4, 0.5) is 0 Å². The average molecular weight is 418 g/mol. The van der Waals surface area contributed by atoms with E-state index in [9.17, 15) is 9.59 Å². The van der Waals surface area contributed by atoms with Crippen molar-refractivity contribution in [1.82, 2.24) is 14.4 Å². The Balaban J connectivity index is 1.32. The van der Waals surface area contributed by atoms with Crippen molar-refractivity contribution < 1.29 is 9.53 Å². The highest BCUT2D eigenvalue weighted by Gasteiger charge is 2.37.